The highest BCUT2D eigenvalue weighted by Crippen LogP contribution is 2.24. The average Bonchev–Trinajstić information content (AvgIpc) is 2.58. The van der Waals surface area contributed by atoms with Crippen LogP contribution in [0.15, 0.2) is 6.20 Å². The summed E-state index contributed by atoms with van der Waals surface area (Å²) in [5.74, 6) is 0.791. The lowest BCUT2D eigenvalue weighted by molar-refractivity contribution is 0.198. The smallest absolute Gasteiger partial charge is 0.173 e. The molecule has 1 aromatic rings. The first kappa shape index (κ1) is 8.37. The third-order valence-corrected chi connectivity index (χ3v) is 2.30. The van der Waals surface area contributed by atoms with Crippen LogP contribution in [-0.4, -0.2) is 34.1 Å². The van der Waals surface area contributed by atoms with E-state index < -0.39 is 0 Å². The van der Waals surface area contributed by atoms with Crippen LogP contribution in [-0.2, 0) is 7.05 Å². The Labute approximate surface area is 76.8 Å². The van der Waals surface area contributed by atoms with Crippen molar-refractivity contribution in [3.05, 3.63) is 6.20 Å². The Balaban J connectivity index is 2.20. The summed E-state index contributed by atoms with van der Waals surface area (Å²) in [7, 11) is 1.84. The molecule has 1 aliphatic rings. The molecule has 0 radical (unpaired) electrons. The fourth-order valence-corrected chi connectivity index (χ4v) is 1.68. The lowest BCUT2D eigenvalue weighted by Gasteiger charge is -2.14. The standard InChI is InChI=1S/C8H14N4O/c1-11-5-7(9)8(10-11)12-3-2-6(13)4-12/h5-6,13H,2-4,9H2,1H3. The Morgan fingerprint density at radius 1 is 1.69 bits per heavy atom. The molecule has 72 valence electrons. The highest BCUT2D eigenvalue weighted by Gasteiger charge is 2.23. The number of aryl methyl sites for hydroxylation is 1. The monoisotopic (exact) mass is 182 g/mol. The number of rotatable bonds is 1. The number of aliphatic hydroxyl groups excluding tert-OH is 1. The van der Waals surface area contributed by atoms with E-state index in [-0.39, 0.29) is 6.10 Å². The van der Waals surface area contributed by atoms with Crippen LogP contribution in [0.2, 0.25) is 0 Å². The van der Waals surface area contributed by atoms with Crippen molar-refractivity contribution in [1.29, 1.82) is 0 Å². The van der Waals surface area contributed by atoms with Crippen LogP contribution in [0.1, 0.15) is 6.42 Å². The van der Waals surface area contributed by atoms with Gasteiger partial charge in [0.25, 0.3) is 0 Å². The van der Waals surface area contributed by atoms with E-state index in [0.29, 0.717) is 12.2 Å². The molecule has 5 heteroatoms. The number of nitrogens with zero attached hydrogens (tertiary/aromatic N) is 3. The number of hydrogen-bond acceptors (Lipinski definition) is 4. The highest BCUT2D eigenvalue weighted by atomic mass is 16.3. The van der Waals surface area contributed by atoms with Crippen LogP contribution < -0.4 is 10.6 Å². The largest absolute Gasteiger partial charge is 0.394 e. The molecule has 1 aliphatic heterocycles. The lowest BCUT2D eigenvalue weighted by Crippen LogP contribution is -2.22. The molecule has 2 heterocycles. The Hall–Kier alpha value is -1.23. The first-order valence-electron chi connectivity index (χ1n) is 4.39. The summed E-state index contributed by atoms with van der Waals surface area (Å²) < 4.78 is 1.69. The van der Waals surface area contributed by atoms with Gasteiger partial charge in [0.15, 0.2) is 5.82 Å². The minimum absolute atomic E-state index is 0.235. The molecule has 1 unspecified atom stereocenters. The van der Waals surface area contributed by atoms with Gasteiger partial charge in [0.05, 0.1) is 11.8 Å². The number of anilines is 2. The Morgan fingerprint density at radius 3 is 2.92 bits per heavy atom. The molecule has 13 heavy (non-hydrogen) atoms. The maximum Gasteiger partial charge on any atom is 0.173 e. The van der Waals surface area contributed by atoms with Crippen molar-refractivity contribution in [3.8, 4) is 0 Å². The van der Waals surface area contributed by atoms with Crippen LogP contribution in [0.5, 0.6) is 0 Å². The van der Waals surface area contributed by atoms with Gasteiger partial charge in [-0.15, -0.1) is 0 Å². The van der Waals surface area contributed by atoms with Crippen molar-refractivity contribution in [2.24, 2.45) is 7.05 Å². The number of nitrogens with two attached hydrogens (primary N) is 1. The molecule has 2 rings (SSSR count). The first-order valence-corrected chi connectivity index (χ1v) is 4.39. The average molecular weight is 182 g/mol. The van der Waals surface area contributed by atoms with Crippen LogP contribution in [0.4, 0.5) is 11.5 Å². The molecule has 0 saturated carbocycles. The zero-order valence-corrected chi connectivity index (χ0v) is 7.64. The molecular formula is C8H14N4O. The SMILES string of the molecule is Cn1cc(N)c(N2CCC(O)C2)n1. The number of aromatic nitrogens is 2. The van der Waals surface area contributed by atoms with E-state index in [9.17, 15) is 5.11 Å². The zero-order valence-electron chi connectivity index (χ0n) is 7.64. The van der Waals surface area contributed by atoms with Crippen LogP contribution >= 0.6 is 0 Å². The molecule has 0 spiro atoms. The van der Waals surface area contributed by atoms with Gasteiger partial charge in [-0.2, -0.15) is 5.10 Å². The minimum Gasteiger partial charge on any atom is -0.394 e. The fourth-order valence-electron chi connectivity index (χ4n) is 1.68. The third kappa shape index (κ3) is 1.47. The first-order chi connectivity index (χ1) is 6.16. The van der Waals surface area contributed by atoms with Crippen molar-refractivity contribution >= 4 is 11.5 Å². The number of aliphatic hydroxyl groups is 1. The van der Waals surface area contributed by atoms with Crippen molar-refractivity contribution in [2.75, 3.05) is 23.7 Å². The second kappa shape index (κ2) is 2.92. The molecule has 1 aromatic heterocycles. The van der Waals surface area contributed by atoms with E-state index in [1.165, 1.54) is 0 Å². The van der Waals surface area contributed by atoms with Crippen LogP contribution in [0.3, 0.4) is 0 Å². The topological polar surface area (TPSA) is 67.3 Å². The van der Waals surface area contributed by atoms with Crippen LogP contribution in [0.25, 0.3) is 0 Å². The maximum atomic E-state index is 9.34. The number of β-amino-alcohol motifs (C(OH)–C–C–N with tert-alkyl or cyclic N) is 1. The summed E-state index contributed by atoms with van der Waals surface area (Å²) in [6, 6.07) is 0. The quantitative estimate of drug-likeness (QED) is 0.618. The van der Waals surface area contributed by atoms with Crippen molar-refractivity contribution in [3.63, 3.8) is 0 Å². The van der Waals surface area contributed by atoms with Crippen LogP contribution in [0, 0.1) is 0 Å². The van der Waals surface area contributed by atoms with E-state index in [2.05, 4.69) is 5.10 Å². The number of hydrogen-bond donors (Lipinski definition) is 2. The van der Waals surface area contributed by atoms with Crippen molar-refractivity contribution in [2.45, 2.75) is 12.5 Å². The molecule has 1 atom stereocenters. The fraction of sp³-hybridized carbons (Fsp3) is 0.625. The summed E-state index contributed by atoms with van der Waals surface area (Å²) in [5.41, 5.74) is 6.44. The summed E-state index contributed by atoms with van der Waals surface area (Å²) in [5, 5.41) is 13.6. The summed E-state index contributed by atoms with van der Waals surface area (Å²) in [6.45, 7) is 1.48. The zero-order chi connectivity index (χ0) is 9.42. The summed E-state index contributed by atoms with van der Waals surface area (Å²) in [4.78, 5) is 2.01. The number of nitrogen functional groups attached to an aromatic ring is 1. The Bertz CT molecular complexity index is 309. The molecule has 1 saturated heterocycles. The van der Waals surface area contributed by atoms with Gasteiger partial charge in [-0.1, -0.05) is 0 Å². The van der Waals surface area contributed by atoms with Gasteiger partial charge in [-0.25, -0.2) is 0 Å². The minimum atomic E-state index is -0.235. The predicted octanol–water partition coefficient (Wildman–Crippen LogP) is -0.427. The van der Waals surface area contributed by atoms with Gasteiger partial charge >= 0.3 is 0 Å². The predicted molar refractivity (Wildman–Crippen MR) is 50.5 cm³/mol. The van der Waals surface area contributed by atoms with Gasteiger partial charge in [-0.3, -0.25) is 4.68 Å². The van der Waals surface area contributed by atoms with Crippen molar-refractivity contribution < 1.29 is 5.11 Å². The molecule has 0 amide bonds. The molecule has 3 N–H and O–H groups in total. The molecule has 0 aliphatic carbocycles. The van der Waals surface area contributed by atoms with E-state index in [4.69, 9.17) is 5.73 Å². The summed E-state index contributed by atoms with van der Waals surface area (Å²) in [6.07, 6.45) is 2.34. The lowest BCUT2D eigenvalue weighted by atomic mass is 10.3. The molecule has 5 nitrogen and oxygen atoms in total. The van der Waals surface area contributed by atoms with Crippen molar-refractivity contribution in [1.82, 2.24) is 9.78 Å². The van der Waals surface area contributed by atoms with Gasteiger partial charge in [0.1, 0.15) is 0 Å². The van der Waals surface area contributed by atoms with Gasteiger partial charge in [0.2, 0.25) is 0 Å². The van der Waals surface area contributed by atoms with Gasteiger partial charge in [-0.05, 0) is 6.42 Å². The van der Waals surface area contributed by atoms with Gasteiger partial charge < -0.3 is 15.7 Å². The van der Waals surface area contributed by atoms with Gasteiger partial charge in [0, 0.05) is 26.3 Å². The maximum absolute atomic E-state index is 9.34. The van der Waals surface area contributed by atoms with E-state index in [1.54, 1.807) is 10.9 Å². The summed E-state index contributed by atoms with van der Waals surface area (Å²) >= 11 is 0. The van der Waals surface area contributed by atoms with E-state index in [0.717, 1.165) is 18.8 Å². The second-order valence-corrected chi connectivity index (χ2v) is 3.47. The molecule has 0 aromatic carbocycles. The van der Waals surface area contributed by atoms with E-state index >= 15 is 0 Å². The van der Waals surface area contributed by atoms with E-state index in [1.807, 2.05) is 11.9 Å². The molecule has 0 bridgehead atoms. The molecular weight excluding hydrogens is 168 g/mol. The Kier molecular flexibility index (Phi) is 1.88. The normalized spacial score (nSPS) is 22.6. The Morgan fingerprint density at radius 2 is 2.46 bits per heavy atom. The highest BCUT2D eigenvalue weighted by molar-refractivity contribution is 5.62. The molecule has 1 fully saturated rings. The third-order valence-electron chi connectivity index (χ3n) is 2.30. The second-order valence-electron chi connectivity index (χ2n) is 3.47.